The van der Waals surface area contributed by atoms with Crippen LogP contribution >= 0.6 is 7.26 Å². The summed E-state index contributed by atoms with van der Waals surface area (Å²) >= 11 is 0. The van der Waals surface area contributed by atoms with E-state index in [-0.39, 0.29) is 0 Å². The third kappa shape index (κ3) is 9.67. The predicted octanol–water partition coefficient (Wildman–Crippen LogP) is 6.49. The predicted molar refractivity (Wildman–Crippen MR) is 96.6 cm³/mol. The number of unbranched alkanes of at least 4 members (excludes halogenated alkanes) is 6. The van der Waals surface area contributed by atoms with Gasteiger partial charge in [0.05, 0.1) is 0 Å². The van der Waals surface area contributed by atoms with Crippen molar-refractivity contribution >= 4 is 7.26 Å². The first-order valence-electron chi connectivity index (χ1n) is 8.85. The van der Waals surface area contributed by atoms with Gasteiger partial charge in [0.2, 0.25) is 0 Å². The van der Waals surface area contributed by atoms with Crippen LogP contribution < -0.4 is 0 Å². The van der Waals surface area contributed by atoms with E-state index in [2.05, 4.69) is 33.4 Å². The van der Waals surface area contributed by atoms with Crippen molar-refractivity contribution in [2.45, 2.75) is 78.6 Å². The number of hydrogen-bond donors (Lipinski definition) is 0. The van der Waals surface area contributed by atoms with Gasteiger partial charge >= 0.3 is 123 Å². The van der Waals surface area contributed by atoms with E-state index in [0.717, 1.165) is 0 Å². The van der Waals surface area contributed by atoms with Crippen molar-refractivity contribution in [1.29, 1.82) is 0 Å². The molecule has 19 heavy (non-hydrogen) atoms. The third-order valence-corrected chi connectivity index (χ3v) is 9.91. The van der Waals surface area contributed by atoms with Crippen molar-refractivity contribution in [1.82, 2.24) is 0 Å². The number of allylic oxidation sites excluding steroid dienone is 1. The number of hydrogen-bond acceptors (Lipinski definition) is 0. The van der Waals surface area contributed by atoms with Crippen molar-refractivity contribution in [2.24, 2.45) is 0 Å². The third-order valence-electron chi connectivity index (χ3n) is 4.51. The molecule has 0 saturated carbocycles. The summed E-state index contributed by atoms with van der Waals surface area (Å²) in [5.41, 5.74) is 0. The van der Waals surface area contributed by atoms with Gasteiger partial charge in [0.1, 0.15) is 0 Å². The standard InChI is InChI=1S/C18H39P/c1-5-9-12-16-19(15-8-4,17-13-10-6-2)18-14-11-7-3/h8,19H,4-7,9-18H2,1-3H3. The van der Waals surface area contributed by atoms with Gasteiger partial charge in [0.15, 0.2) is 0 Å². The minimum atomic E-state index is -1.03. The molecule has 0 atom stereocenters. The zero-order chi connectivity index (χ0) is 14.4. The Morgan fingerprint density at radius 2 is 1.05 bits per heavy atom. The molecule has 0 aromatic rings. The van der Waals surface area contributed by atoms with Crippen molar-refractivity contribution in [3.63, 3.8) is 0 Å². The molecule has 0 aliphatic rings. The van der Waals surface area contributed by atoms with Crippen LogP contribution in [0.5, 0.6) is 0 Å². The zero-order valence-electron chi connectivity index (χ0n) is 14.0. The fraction of sp³-hybridized carbons (Fsp3) is 0.889. The van der Waals surface area contributed by atoms with E-state index in [4.69, 9.17) is 0 Å². The number of rotatable bonds is 14. The zero-order valence-corrected chi connectivity index (χ0v) is 15.0. The van der Waals surface area contributed by atoms with E-state index in [1.165, 1.54) is 63.9 Å². The molecule has 0 N–H and O–H groups in total. The van der Waals surface area contributed by atoms with Gasteiger partial charge in [-0.2, -0.15) is 0 Å². The quantitative estimate of drug-likeness (QED) is 0.194. The van der Waals surface area contributed by atoms with Crippen LogP contribution in [0.15, 0.2) is 12.7 Å². The van der Waals surface area contributed by atoms with Crippen LogP contribution in [0.1, 0.15) is 78.6 Å². The van der Waals surface area contributed by atoms with Crippen molar-refractivity contribution in [3.05, 3.63) is 12.7 Å². The summed E-state index contributed by atoms with van der Waals surface area (Å²) in [7, 11) is -1.03. The van der Waals surface area contributed by atoms with Gasteiger partial charge in [-0.3, -0.25) is 0 Å². The van der Waals surface area contributed by atoms with Crippen LogP contribution in [-0.2, 0) is 0 Å². The van der Waals surface area contributed by atoms with Gasteiger partial charge in [0.25, 0.3) is 0 Å². The molecule has 0 amide bonds. The van der Waals surface area contributed by atoms with E-state index in [1.54, 1.807) is 18.5 Å². The van der Waals surface area contributed by atoms with Crippen LogP contribution in [0.4, 0.5) is 0 Å². The van der Waals surface area contributed by atoms with Crippen molar-refractivity contribution in [2.75, 3.05) is 24.6 Å². The summed E-state index contributed by atoms with van der Waals surface area (Å²) in [6.45, 7) is 11.0. The van der Waals surface area contributed by atoms with Crippen LogP contribution in [0.25, 0.3) is 0 Å². The maximum atomic E-state index is 4.06. The van der Waals surface area contributed by atoms with E-state index < -0.39 is 7.26 Å². The monoisotopic (exact) mass is 286 g/mol. The average molecular weight is 286 g/mol. The van der Waals surface area contributed by atoms with Gasteiger partial charge in [-0.25, -0.2) is 0 Å². The molecule has 116 valence electrons. The molecule has 0 spiro atoms. The average Bonchev–Trinajstić information content (AvgIpc) is 2.40. The molecule has 0 unspecified atom stereocenters. The van der Waals surface area contributed by atoms with Gasteiger partial charge in [0, 0.05) is 0 Å². The Kier molecular flexibility index (Phi) is 13.3. The molecule has 0 fully saturated rings. The normalized spacial score (nSPS) is 12.6. The summed E-state index contributed by atoms with van der Waals surface area (Å²) in [6, 6.07) is 0. The summed E-state index contributed by atoms with van der Waals surface area (Å²) < 4.78 is 0. The second kappa shape index (κ2) is 13.2. The summed E-state index contributed by atoms with van der Waals surface area (Å²) in [4.78, 5) is 0. The van der Waals surface area contributed by atoms with Crippen molar-refractivity contribution in [3.8, 4) is 0 Å². The molecule has 0 aromatic carbocycles. The molecule has 0 heterocycles. The topological polar surface area (TPSA) is 0 Å². The van der Waals surface area contributed by atoms with Crippen LogP contribution in [0, 0.1) is 0 Å². The molecule has 0 aliphatic carbocycles. The fourth-order valence-corrected chi connectivity index (χ4v) is 8.21. The maximum absolute atomic E-state index is 4.06. The second-order valence-corrected chi connectivity index (χ2v) is 11.3. The molecule has 0 radical (unpaired) electrons. The molecule has 0 saturated heterocycles. The molecular weight excluding hydrogens is 247 g/mol. The van der Waals surface area contributed by atoms with E-state index in [1.807, 2.05) is 0 Å². The SMILES string of the molecule is C=CC[PH](CCCCC)(CCCCC)CCCCC. The Morgan fingerprint density at radius 3 is 1.32 bits per heavy atom. The Labute approximate surface area is 123 Å². The molecule has 1 heteroatoms. The van der Waals surface area contributed by atoms with Gasteiger partial charge in [-0.15, -0.1) is 0 Å². The molecule has 0 bridgehead atoms. The Hall–Kier alpha value is 0.170. The first-order valence-corrected chi connectivity index (χ1v) is 11.7. The Balaban J connectivity index is 4.42. The minimum absolute atomic E-state index is 1.03. The molecular formula is C18H39P. The van der Waals surface area contributed by atoms with Crippen molar-refractivity contribution < 1.29 is 0 Å². The first kappa shape index (κ1) is 19.2. The fourth-order valence-electron chi connectivity index (χ4n) is 3.24. The molecule has 0 nitrogen and oxygen atoms in total. The van der Waals surface area contributed by atoms with E-state index in [9.17, 15) is 0 Å². The van der Waals surface area contributed by atoms with E-state index in [0.29, 0.717) is 0 Å². The summed E-state index contributed by atoms with van der Waals surface area (Å²) in [5.74, 6) is 0. The Morgan fingerprint density at radius 1 is 0.684 bits per heavy atom. The van der Waals surface area contributed by atoms with Gasteiger partial charge in [-0.05, 0) is 0 Å². The van der Waals surface area contributed by atoms with Gasteiger partial charge in [-0.1, -0.05) is 0 Å². The molecule has 0 rings (SSSR count). The summed E-state index contributed by atoms with van der Waals surface area (Å²) in [5, 5.41) is 0. The van der Waals surface area contributed by atoms with Crippen LogP contribution in [-0.4, -0.2) is 24.6 Å². The Bertz CT molecular complexity index is 171. The van der Waals surface area contributed by atoms with E-state index >= 15 is 0 Å². The van der Waals surface area contributed by atoms with Crippen LogP contribution in [0.2, 0.25) is 0 Å². The second-order valence-electron chi connectivity index (χ2n) is 6.36. The van der Waals surface area contributed by atoms with Gasteiger partial charge < -0.3 is 0 Å². The van der Waals surface area contributed by atoms with Crippen LogP contribution in [0.3, 0.4) is 0 Å². The first-order chi connectivity index (χ1) is 9.24. The summed E-state index contributed by atoms with van der Waals surface area (Å²) in [6.07, 6.45) is 21.2. The molecule has 0 aromatic heterocycles. The molecule has 0 aliphatic heterocycles.